The molecule has 1 aromatic carbocycles. The molecule has 116 valence electrons. The van der Waals surface area contributed by atoms with Crippen LogP contribution in [-0.4, -0.2) is 29.0 Å². The lowest BCUT2D eigenvalue weighted by atomic mass is 9.91. The van der Waals surface area contributed by atoms with Gasteiger partial charge in [0.05, 0.1) is 11.0 Å². The lowest BCUT2D eigenvalue weighted by molar-refractivity contribution is -0.386. The summed E-state index contributed by atoms with van der Waals surface area (Å²) in [4.78, 5) is 13.3. The number of nitro benzene ring substituents is 1. The van der Waals surface area contributed by atoms with E-state index in [1.807, 2.05) is 12.1 Å². The van der Waals surface area contributed by atoms with E-state index in [1.54, 1.807) is 12.1 Å². The Labute approximate surface area is 126 Å². The Morgan fingerprint density at radius 1 is 1.33 bits per heavy atom. The summed E-state index contributed by atoms with van der Waals surface area (Å²) in [5.74, 6) is 0. The van der Waals surface area contributed by atoms with Crippen LogP contribution in [0.3, 0.4) is 0 Å². The molecule has 1 saturated carbocycles. The molecule has 0 amide bonds. The number of para-hydroxylation sites is 1. The average molecular weight is 291 g/mol. The molecule has 0 spiro atoms. The van der Waals surface area contributed by atoms with Crippen molar-refractivity contribution in [1.82, 2.24) is 4.90 Å². The third-order valence-corrected chi connectivity index (χ3v) is 4.52. The first kappa shape index (κ1) is 15.9. The maximum Gasteiger partial charge on any atom is 0.274 e. The quantitative estimate of drug-likeness (QED) is 0.645. The van der Waals surface area contributed by atoms with Gasteiger partial charge in [0.2, 0.25) is 0 Å². The maximum absolute atomic E-state index is 11.3. The fourth-order valence-electron chi connectivity index (χ4n) is 3.52. The molecule has 0 aliphatic heterocycles. The van der Waals surface area contributed by atoms with Crippen molar-refractivity contribution >= 4 is 5.69 Å². The smallest absolute Gasteiger partial charge is 0.274 e. The average Bonchev–Trinajstić information content (AvgIpc) is 2.53. The summed E-state index contributed by atoms with van der Waals surface area (Å²) < 4.78 is 0. The first-order valence-corrected chi connectivity index (χ1v) is 7.88. The van der Waals surface area contributed by atoms with Gasteiger partial charge in [-0.15, -0.1) is 0 Å². The Bertz CT molecular complexity index is 472. The van der Waals surface area contributed by atoms with Crippen LogP contribution in [-0.2, 0) is 0 Å². The van der Waals surface area contributed by atoms with E-state index < -0.39 is 0 Å². The van der Waals surface area contributed by atoms with E-state index in [0.717, 1.165) is 12.1 Å². The van der Waals surface area contributed by atoms with Crippen LogP contribution in [0.2, 0.25) is 0 Å². The minimum Gasteiger partial charge on any atom is -0.329 e. The van der Waals surface area contributed by atoms with Crippen molar-refractivity contribution in [3.63, 3.8) is 0 Å². The summed E-state index contributed by atoms with van der Waals surface area (Å²) in [5.41, 5.74) is 6.92. The Balaban J connectivity index is 2.30. The normalized spacial score (nSPS) is 17.9. The zero-order valence-corrected chi connectivity index (χ0v) is 12.7. The Morgan fingerprint density at radius 3 is 2.57 bits per heavy atom. The van der Waals surface area contributed by atoms with Crippen molar-refractivity contribution < 1.29 is 4.92 Å². The van der Waals surface area contributed by atoms with Crippen molar-refractivity contribution in [3.8, 4) is 0 Å². The summed E-state index contributed by atoms with van der Waals surface area (Å²) in [6.45, 7) is 3.40. The molecule has 0 heterocycles. The zero-order valence-electron chi connectivity index (χ0n) is 12.7. The van der Waals surface area contributed by atoms with Crippen molar-refractivity contribution in [1.29, 1.82) is 0 Å². The second-order valence-corrected chi connectivity index (χ2v) is 5.69. The van der Waals surface area contributed by atoms with Crippen LogP contribution in [0.4, 0.5) is 5.69 Å². The first-order valence-electron chi connectivity index (χ1n) is 7.88. The topological polar surface area (TPSA) is 72.4 Å². The standard InChI is InChI=1S/C16H25N3O2/c1-2-18(13-8-4-3-5-9-13)16(12-17)14-10-6-7-11-15(14)19(20)21/h6-7,10-11,13,16H,2-5,8-9,12,17H2,1H3. The van der Waals surface area contributed by atoms with Crippen LogP contribution in [0.25, 0.3) is 0 Å². The molecule has 1 atom stereocenters. The Morgan fingerprint density at radius 2 is 2.00 bits per heavy atom. The summed E-state index contributed by atoms with van der Waals surface area (Å²) >= 11 is 0. The van der Waals surface area contributed by atoms with E-state index in [-0.39, 0.29) is 16.7 Å². The van der Waals surface area contributed by atoms with Gasteiger partial charge in [-0.25, -0.2) is 0 Å². The van der Waals surface area contributed by atoms with Gasteiger partial charge in [0.25, 0.3) is 5.69 Å². The van der Waals surface area contributed by atoms with Gasteiger partial charge in [0.15, 0.2) is 0 Å². The fraction of sp³-hybridized carbons (Fsp3) is 0.625. The van der Waals surface area contributed by atoms with Gasteiger partial charge in [-0.2, -0.15) is 0 Å². The summed E-state index contributed by atoms with van der Waals surface area (Å²) in [6, 6.07) is 7.43. The number of nitrogens with zero attached hydrogens (tertiary/aromatic N) is 2. The van der Waals surface area contributed by atoms with Gasteiger partial charge in [-0.05, 0) is 19.4 Å². The second-order valence-electron chi connectivity index (χ2n) is 5.69. The highest BCUT2D eigenvalue weighted by molar-refractivity contribution is 5.42. The largest absolute Gasteiger partial charge is 0.329 e. The molecule has 1 aliphatic carbocycles. The Hall–Kier alpha value is -1.46. The second kappa shape index (κ2) is 7.52. The van der Waals surface area contributed by atoms with Crippen molar-refractivity contribution in [2.45, 2.75) is 51.1 Å². The molecular weight excluding hydrogens is 266 g/mol. The molecule has 1 aliphatic rings. The number of hydrogen-bond acceptors (Lipinski definition) is 4. The third kappa shape index (κ3) is 3.60. The van der Waals surface area contributed by atoms with Crippen molar-refractivity contribution in [2.75, 3.05) is 13.1 Å². The number of hydrogen-bond donors (Lipinski definition) is 1. The SMILES string of the molecule is CCN(C1CCCCC1)C(CN)c1ccccc1[N+](=O)[O-]. The predicted molar refractivity (Wildman–Crippen MR) is 84.1 cm³/mol. The minimum absolute atomic E-state index is 0.0697. The van der Waals surface area contributed by atoms with Gasteiger partial charge in [0.1, 0.15) is 0 Å². The van der Waals surface area contributed by atoms with E-state index in [9.17, 15) is 10.1 Å². The van der Waals surface area contributed by atoms with Crippen LogP contribution in [0.1, 0.15) is 50.6 Å². The van der Waals surface area contributed by atoms with E-state index in [2.05, 4.69) is 11.8 Å². The number of benzene rings is 1. The highest BCUT2D eigenvalue weighted by atomic mass is 16.6. The zero-order chi connectivity index (χ0) is 15.2. The predicted octanol–water partition coefficient (Wildman–Crippen LogP) is 3.25. The van der Waals surface area contributed by atoms with Gasteiger partial charge in [-0.3, -0.25) is 15.0 Å². The van der Waals surface area contributed by atoms with E-state index in [1.165, 1.54) is 32.1 Å². The molecule has 2 rings (SSSR count). The van der Waals surface area contributed by atoms with Crippen molar-refractivity contribution in [3.05, 3.63) is 39.9 Å². The molecule has 1 unspecified atom stereocenters. The van der Waals surface area contributed by atoms with Crippen LogP contribution < -0.4 is 5.73 Å². The lowest BCUT2D eigenvalue weighted by Crippen LogP contribution is -2.42. The number of rotatable bonds is 6. The fourth-order valence-corrected chi connectivity index (χ4v) is 3.52. The molecule has 1 aromatic rings. The molecule has 0 radical (unpaired) electrons. The van der Waals surface area contributed by atoms with Gasteiger partial charge in [-0.1, -0.05) is 44.4 Å². The molecular formula is C16H25N3O2. The van der Waals surface area contributed by atoms with Gasteiger partial charge in [0, 0.05) is 24.2 Å². The highest BCUT2D eigenvalue weighted by Gasteiger charge is 2.30. The molecule has 0 bridgehead atoms. The third-order valence-electron chi connectivity index (χ3n) is 4.52. The molecule has 5 nitrogen and oxygen atoms in total. The monoisotopic (exact) mass is 291 g/mol. The van der Waals surface area contributed by atoms with Crippen LogP contribution in [0.5, 0.6) is 0 Å². The van der Waals surface area contributed by atoms with Crippen LogP contribution >= 0.6 is 0 Å². The maximum atomic E-state index is 11.3. The number of nitrogens with two attached hydrogens (primary N) is 1. The minimum atomic E-state index is -0.299. The highest BCUT2D eigenvalue weighted by Crippen LogP contribution is 2.33. The van der Waals surface area contributed by atoms with E-state index in [0.29, 0.717) is 12.6 Å². The number of likely N-dealkylation sites (N-methyl/N-ethyl adjacent to an activating group) is 1. The van der Waals surface area contributed by atoms with Gasteiger partial charge < -0.3 is 5.73 Å². The van der Waals surface area contributed by atoms with Gasteiger partial charge >= 0.3 is 0 Å². The van der Waals surface area contributed by atoms with Crippen LogP contribution in [0, 0.1) is 10.1 Å². The first-order chi connectivity index (χ1) is 10.2. The van der Waals surface area contributed by atoms with E-state index in [4.69, 9.17) is 5.73 Å². The molecule has 1 fully saturated rings. The molecule has 21 heavy (non-hydrogen) atoms. The summed E-state index contributed by atoms with van der Waals surface area (Å²) in [6.07, 6.45) is 6.13. The summed E-state index contributed by atoms with van der Waals surface area (Å²) in [7, 11) is 0. The van der Waals surface area contributed by atoms with E-state index >= 15 is 0 Å². The molecule has 5 heteroatoms. The Kier molecular flexibility index (Phi) is 5.70. The van der Waals surface area contributed by atoms with Crippen molar-refractivity contribution in [2.24, 2.45) is 5.73 Å². The molecule has 0 aromatic heterocycles. The lowest BCUT2D eigenvalue weighted by Gasteiger charge is -2.39. The van der Waals surface area contributed by atoms with Crippen LogP contribution in [0.15, 0.2) is 24.3 Å². The summed E-state index contributed by atoms with van der Waals surface area (Å²) in [5, 5.41) is 11.3. The molecule has 2 N–H and O–H groups in total. The molecule has 0 saturated heterocycles. The number of nitro groups is 1.